The predicted octanol–water partition coefficient (Wildman–Crippen LogP) is 0.540. The second-order valence-corrected chi connectivity index (χ2v) is 4.05. The number of nitro benzene ring substituents is 1. The third kappa shape index (κ3) is 2.15. The molecule has 0 bridgehead atoms. The zero-order valence-electron chi connectivity index (χ0n) is 7.52. The van der Waals surface area contributed by atoms with Gasteiger partial charge < -0.3 is 5.11 Å². The molecule has 1 rings (SSSR count). The SMILES string of the molecule is O=C(O)c1cccc([N+](=O)[O-])c1S(=O)(=O)O. The fourth-order valence-corrected chi connectivity index (χ4v) is 1.95. The van der Waals surface area contributed by atoms with Crippen LogP contribution in [0, 0.1) is 10.1 Å². The highest BCUT2D eigenvalue weighted by molar-refractivity contribution is 7.86. The van der Waals surface area contributed by atoms with E-state index >= 15 is 0 Å². The molecule has 0 aliphatic rings. The van der Waals surface area contributed by atoms with Crippen molar-refractivity contribution < 1.29 is 27.8 Å². The molecule has 0 amide bonds. The summed E-state index contributed by atoms with van der Waals surface area (Å²) in [7, 11) is -4.98. The lowest BCUT2D eigenvalue weighted by molar-refractivity contribution is -0.387. The van der Waals surface area contributed by atoms with E-state index in [4.69, 9.17) is 9.66 Å². The monoisotopic (exact) mass is 247 g/mol. The van der Waals surface area contributed by atoms with Gasteiger partial charge in [-0.1, -0.05) is 6.07 Å². The maximum absolute atomic E-state index is 10.9. The van der Waals surface area contributed by atoms with Gasteiger partial charge in [0.25, 0.3) is 5.69 Å². The third-order valence-electron chi connectivity index (χ3n) is 1.68. The van der Waals surface area contributed by atoms with Gasteiger partial charge in [0.15, 0.2) is 4.90 Å². The summed E-state index contributed by atoms with van der Waals surface area (Å²) in [6.45, 7) is 0. The highest BCUT2D eigenvalue weighted by Crippen LogP contribution is 2.27. The number of carbonyl (C=O) groups is 1. The third-order valence-corrected chi connectivity index (χ3v) is 2.62. The van der Waals surface area contributed by atoms with Gasteiger partial charge in [-0.2, -0.15) is 8.42 Å². The Morgan fingerprint density at radius 3 is 2.31 bits per heavy atom. The van der Waals surface area contributed by atoms with Crippen molar-refractivity contribution in [1.82, 2.24) is 0 Å². The van der Waals surface area contributed by atoms with Gasteiger partial charge >= 0.3 is 16.1 Å². The smallest absolute Gasteiger partial charge is 0.337 e. The fraction of sp³-hybridized carbons (Fsp3) is 0. The first kappa shape index (κ1) is 12.1. The highest BCUT2D eigenvalue weighted by atomic mass is 32.2. The minimum absolute atomic E-state index is 0.787. The van der Waals surface area contributed by atoms with Crippen molar-refractivity contribution in [2.24, 2.45) is 0 Å². The maximum atomic E-state index is 10.9. The van der Waals surface area contributed by atoms with Crippen molar-refractivity contribution >= 4 is 21.8 Å². The topological polar surface area (TPSA) is 135 Å². The molecule has 0 saturated heterocycles. The number of nitrogens with zero attached hydrogens (tertiary/aromatic N) is 1. The highest BCUT2D eigenvalue weighted by Gasteiger charge is 2.30. The van der Waals surface area contributed by atoms with E-state index in [1.165, 1.54) is 0 Å². The summed E-state index contributed by atoms with van der Waals surface area (Å²) in [5.74, 6) is -1.68. The zero-order chi connectivity index (χ0) is 12.5. The quantitative estimate of drug-likeness (QED) is 0.452. The van der Waals surface area contributed by atoms with Crippen LogP contribution >= 0.6 is 0 Å². The lowest BCUT2D eigenvalue weighted by Gasteiger charge is -2.02. The Hall–Kier alpha value is -2.00. The first-order valence-electron chi connectivity index (χ1n) is 3.73. The molecule has 0 fully saturated rings. The van der Waals surface area contributed by atoms with E-state index < -0.39 is 37.2 Å². The van der Waals surface area contributed by atoms with Crippen molar-refractivity contribution in [3.05, 3.63) is 33.9 Å². The molecule has 16 heavy (non-hydrogen) atoms. The Labute approximate surface area is 89.0 Å². The Kier molecular flexibility index (Phi) is 2.92. The minimum atomic E-state index is -4.98. The summed E-state index contributed by atoms with van der Waals surface area (Å²) in [6, 6.07) is 2.64. The van der Waals surface area contributed by atoms with Crippen molar-refractivity contribution in [3.8, 4) is 0 Å². The van der Waals surface area contributed by atoms with Gasteiger partial charge in [0.05, 0.1) is 10.5 Å². The molecule has 0 atom stereocenters. The second kappa shape index (κ2) is 3.87. The molecule has 2 N–H and O–H groups in total. The van der Waals surface area contributed by atoms with Crippen LogP contribution in [0.4, 0.5) is 5.69 Å². The average molecular weight is 247 g/mol. The van der Waals surface area contributed by atoms with Crippen molar-refractivity contribution in [1.29, 1.82) is 0 Å². The normalized spacial score (nSPS) is 11.1. The molecule has 0 spiro atoms. The number of hydrogen-bond donors (Lipinski definition) is 2. The van der Waals surface area contributed by atoms with E-state index in [1.807, 2.05) is 0 Å². The fourth-order valence-electron chi connectivity index (χ4n) is 1.11. The van der Waals surface area contributed by atoms with Crippen LogP contribution < -0.4 is 0 Å². The molecule has 1 aromatic rings. The van der Waals surface area contributed by atoms with Crippen LogP contribution in [0.25, 0.3) is 0 Å². The average Bonchev–Trinajstić information content (AvgIpc) is 2.15. The Balaban J connectivity index is 3.75. The predicted molar refractivity (Wildman–Crippen MR) is 49.9 cm³/mol. The molecule has 0 aliphatic heterocycles. The Morgan fingerprint density at radius 1 is 1.38 bits per heavy atom. The van der Waals surface area contributed by atoms with Crippen LogP contribution in [0.15, 0.2) is 23.1 Å². The van der Waals surface area contributed by atoms with Gasteiger partial charge in [-0.3, -0.25) is 14.7 Å². The summed E-state index contributed by atoms with van der Waals surface area (Å²) in [4.78, 5) is 18.8. The second-order valence-electron chi connectivity index (χ2n) is 2.69. The molecular formula is C7H5NO7S. The molecule has 1 aromatic carbocycles. The number of carboxylic acid groups (broad SMARTS) is 1. The molecule has 8 nitrogen and oxygen atoms in total. The lowest BCUT2D eigenvalue weighted by Crippen LogP contribution is -2.10. The van der Waals surface area contributed by atoms with Crippen molar-refractivity contribution in [2.45, 2.75) is 4.90 Å². The standard InChI is InChI=1S/C7H5NO7S/c9-7(10)4-2-1-3-5(8(11)12)6(4)16(13,14)15/h1-3H,(H,9,10)(H,13,14,15). The zero-order valence-corrected chi connectivity index (χ0v) is 8.34. The van der Waals surface area contributed by atoms with Gasteiger partial charge in [0.2, 0.25) is 0 Å². The minimum Gasteiger partial charge on any atom is -0.478 e. The van der Waals surface area contributed by atoms with Crippen LogP contribution in [0.2, 0.25) is 0 Å². The number of rotatable bonds is 3. The maximum Gasteiger partial charge on any atom is 0.337 e. The molecule has 0 heterocycles. The molecular weight excluding hydrogens is 242 g/mol. The van der Waals surface area contributed by atoms with E-state index in [2.05, 4.69) is 0 Å². The van der Waals surface area contributed by atoms with Crippen LogP contribution in [-0.4, -0.2) is 29.0 Å². The molecule has 0 aliphatic carbocycles. The van der Waals surface area contributed by atoms with Crippen LogP contribution in [0.1, 0.15) is 10.4 Å². The number of hydrogen-bond acceptors (Lipinski definition) is 5. The van der Waals surface area contributed by atoms with Crippen molar-refractivity contribution in [2.75, 3.05) is 0 Å². The summed E-state index contributed by atoms with van der Waals surface area (Å²) in [5.41, 5.74) is -1.83. The molecule has 0 saturated carbocycles. The first-order chi connectivity index (χ1) is 7.25. The van der Waals surface area contributed by atoms with Crippen molar-refractivity contribution in [3.63, 3.8) is 0 Å². The van der Waals surface area contributed by atoms with E-state index in [0.717, 1.165) is 18.2 Å². The lowest BCUT2D eigenvalue weighted by atomic mass is 10.2. The summed E-state index contributed by atoms with van der Waals surface area (Å²) in [6.07, 6.45) is 0. The van der Waals surface area contributed by atoms with Gasteiger partial charge in [0.1, 0.15) is 0 Å². The van der Waals surface area contributed by atoms with Gasteiger partial charge in [-0.05, 0) is 6.07 Å². The molecule has 0 unspecified atom stereocenters. The van der Waals surface area contributed by atoms with Crippen LogP contribution in [-0.2, 0) is 10.1 Å². The number of carboxylic acids is 1. The number of aromatic carboxylic acids is 1. The molecule has 0 aromatic heterocycles. The van der Waals surface area contributed by atoms with Gasteiger partial charge in [0, 0.05) is 6.07 Å². The summed E-state index contributed by atoms with van der Waals surface area (Å²) >= 11 is 0. The van der Waals surface area contributed by atoms with E-state index in [1.54, 1.807) is 0 Å². The largest absolute Gasteiger partial charge is 0.478 e. The number of benzene rings is 1. The van der Waals surface area contributed by atoms with E-state index in [9.17, 15) is 23.3 Å². The first-order valence-corrected chi connectivity index (χ1v) is 5.17. The molecule has 9 heteroatoms. The summed E-state index contributed by atoms with van der Waals surface area (Å²) < 4.78 is 30.5. The number of nitro groups is 1. The summed E-state index contributed by atoms with van der Waals surface area (Å²) in [5, 5.41) is 19.1. The Bertz CT molecular complexity index is 530. The van der Waals surface area contributed by atoms with Gasteiger partial charge in [-0.25, -0.2) is 4.79 Å². The van der Waals surface area contributed by atoms with Gasteiger partial charge in [-0.15, -0.1) is 0 Å². The Morgan fingerprint density at radius 2 is 1.94 bits per heavy atom. The van der Waals surface area contributed by atoms with E-state index in [-0.39, 0.29) is 0 Å². The molecule has 86 valence electrons. The van der Waals surface area contributed by atoms with Crippen LogP contribution in [0.3, 0.4) is 0 Å². The van der Waals surface area contributed by atoms with E-state index in [0.29, 0.717) is 0 Å². The molecule has 0 radical (unpaired) electrons. The van der Waals surface area contributed by atoms with Crippen LogP contribution in [0.5, 0.6) is 0 Å².